The summed E-state index contributed by atoms with van der Waals surface area (Å²) >= 11 is 10.1. The number of halogens is 2. The summed E-state index contributed by atoms with van der Waals surface area (Å²) in [4.78, 5) is 0. The Morgan fingerprint density at radius 3 is 2.09 bits per heavy atom. The first kappa shape index (κ1) is 13.8. The minimum atomic E-state index is 0.763. The lowest BCUT2D eigenvalue weighted by Gasteiger charge is -2.14. The van der Waals surface area contributed by atoms with Crippen molar-refractivity contribution in [2.75, 3.05) is 0 Å². The van der Waals surface area contributed by atoms with Crippen LogP contribution in [0.4, 0.5) is 0 Å². The summed E-state index contributed by atoms with van der Waals surface area (Å²) in [5.41, 5.74) is 2.42. The van der Waals surface area contributed by atoms with Crippen molar-refractivity contribution in [2.45, 2.75) is 0 Å². The van der Waals surface area contributed by atoms with Gasteiger partial charge < -0.3 is 0 Å². The van der Waals surface area contributed by atoms with Gasteiger partial charge in [-0.25, -0.2) is 0 Å². The van der Waals surface area contributed by atoms with Gasteiger partial charge in [0.2, 0.25) is 0 Å². The largest absolute Gasteiger partial charge is 0.0843 e. The van der Waals surface area contributed by atoms with E-state index in [9.17, 15) is 0 Å². The normalized spacial score (nSPS) is 11.2. The highest BCUT2D eigenvalue weighted by atomic mass is 79.9. The molecule has 0 aliphatic carbocycles. The van der Waals surface area contributed by atoms with Crippen molar-refractivity contribution in [3.8, 4) is 11.1 Å². The first-order valence-corrected chi connectivity index (χ1v) is 8.27. The van der Waals surface area contributed by atoms with E-state index in [1.165, 1.54) is 32.7 Å². The fourth-order valence-corrected chi connectivity index (χ4v) is 3.97. The molecule has 0 atom stereocenters. The number of hydrogen-bond donors (Lipinski definition) is 0. The van der Waals surface area contributed by atoms with Crippen molar-refractivity contribution in [2.24, 2.45) is 0 Å². The molecular weight excluding hydrogens is 356 g/mol. The molecule has 0 saturated heterocycles. The summed E-state index contributed by atoms with van der Waals surface area (Å²) < 4.78 is 1.13. The Morgan fingerprint density at radius 1 is 0.636 bits per heavy atom. The van der Waals surface area contributed by atoms with Gasteiger partial charge in [-0.2, -0.15) is 0 Å². The summed E-state index contributed by atoms with van der Waals surface area (Å²) in [6.07, 6.45) is 0. The van der Waals surface area contributed by atoms with E-state index < -0.39 is 0 Å². The Hall–Kier alpha value is -1.83. The minimum Gasteiger partial charge on any atom is -0.0843 e. The topological polar surface area (TPSA) is 0 Å². The molecule has 106 valence electrons. The highest BCUT2D eigenvalue weighted by molar-refractivity contribution is 9.10. The van der Waals surface area contributed by atoms with Crippen LogP contribution in [0.25, 0.3) is 32.7 Å². The molecule has 0 N–H and O–H groups in total. The van der Waals surface area contributed by atoms with Crippen LogP contribution in [0, 0.1) is 0 Å². The van der Waals surface area contributed by atoms with Crippen molar-refractivity contribution in [3.63, 3.8) is 0 Å². The first-order chi connectivity index (χ1) is 10.8. The maximum Gasteiger partial charge on any atom is 0.0412 e. The monoisotopic (exact) mass is 366 g/mol. The highest BCUT2D eigenvalue weighted by Crippen LogP contribution is 2.42. The Bertz CT molecular complexity index is 991. The van der Waals surface area contributed by atoms with Gasteiger partial charge in [0.05, 0.1) is 0 Å². The molecule has 0 unspecified atom stereocenters. The first-order valence-electron chi connectivity index (χ1n) is 7.10. The zero-order valence-corrected chi connectivity index (χ0v) is 14.0. The van der Waals surface area contributed by atoms with E-state index >= 15 is 0 Å². The second-order valence-electron chi connectivity index (χ2n) is 5.29. The van der Waals surface area contributed by atoms with Gasteiger partial charge in [0.25, 0.3) is 0 Å². The SMILES string of the molecule is Clc1ccc2c(-c3ccccc3)c(Br)c3ccccc3c2c1. The number of hydrogen-bond acceptors (Lipinski definition) is 0. The van der Waals surface area contributed by atoms with Gasteiger partial charge in [-0.05, 0) is 55.2 Å². The Balaban J connectivity index is 2.26. The van der Waals surface area contributed by atoms with Crippen molar-refractivity contribution in [1.82, 2.24) is 0 Å². The molecule has 0 aromatic heterocycles. The van der Waals surface area contributed by atoms with Crippen molar-refractivity contribution < 1.29 is 0 Å². The molecule has 0 bridgehead atoms. The Morgan fingerprint density at radius 2 is 1.32 bits per heavy atom. The molecule has 4 rings (SSSR count). The molecule has 0 radical (unpaired) electrons. The molecule has 4 aromatic carbocycles. The fraction of sp³-hybridized carbons (Fsp3) is 0. The fourth-order valence-electron chi connectivity index (χ4n) is 3.01. The van der Waals surface area contributed by atoms with Crippen LogP contribution < -0.4 is 0 Å². The summed E-state index contributed by atoms with van der Waals surface area (Å²) in [5.74, 6) is 0. The molecule has 4 aromatic rings. The van der Waals surface area contributed by atoms with Gasteiger partial charge in [0, 0.05) is 15.1 Å². The van der Waals surface area contributed by atoms with E-state index in [-0.39, 0.29) is 0 Å². The van der Waals surface area contributed by atoms with Gasteiger partial charge in [-0.1, -0.05) is 72.3 Å². The smallest absolute Gasteiger partial charge is 0.0412 e. The predicted molar refractivity (Wildman–Crippen MR) is 99.6 cm³/mol. The molecule has 0 fully saturated rings. The molecule has 22 heavy (non-hydrogen) atoms. The molecule has 0 amide bonds. The molecule has 0 nitrogen and oxygen atoms in total. The number of benzene rings is 4. The summed E-state index contributed by atoms with van der Waals surface area (Å²) in [5, 5.41) is 5.58. The molecule has 0 heterocycles. The van der Waals surface area contributed by atoms with Gasteiger partial charge in [-0.3, -0.25) is 0 Å². The van der Waals surface area contributed by atoms with Crippen LogP contribution in [0.2, 0.25) is 5.02 Å². The van der Waals surface area contributed by atoms with Crippen molar-refractivity contribution >= 4 is 49.1 Å². The molecular formula is C20H12BrCl. The minimum absolute atomic E-state index is 0.763. The van der Waals surface area contributed by atoms with Gasteiger partial charge in [-0.15, -0.1) is 0 Å². The lowest BCUT2D eigenvalue weighted by Crippen LogP contribution is -1.87. The maximum absolute atomic E-state index is 6.25. The molecule has 0 aliphatic rings. The average Bonchev–Trinajstić information content (AvgIpc) is 2.57. The van der Waals surface area contributed by atoms with Gasteiger partial charge in [0.1, 0.15) is 0 Å². The summed E-state index contributed by atoms with van der Waals surface area (Å²) in [7, 11) is 0. The van der Waals surface area contributed by atoms with E-state index in [2.05, 4.69) is 76.6 Å². The van der Waals surface area contributed by atoms with Crippen LogP contribution in [0.15, 0.2) is 77.3 Å². The summed E-state index contributed by atoms with van der Waals surface area (Å²) in [6.45, 7) is 0. The highest BCUT2D eigenvalue weighted by Gasteiger charge is 2.14. The van der Waals surface area contributed by atoms with E-state index in [4.69, 9.17) is 11.6 Å². The Kier molecular flexibility index (Phi) is 3.40. The van der Waals surface area contributed by atoms with Crippen LogP contribution in [0.5, 0.6) is 0 Å². The van der Waals surface area contributed by atoms with Crippen molar-refractivity contribution in [3.05, 3.63) is 82.3 Å². The Labute approximate surface area is 142 Å². The van der Waals surface area contributed by atoms with E-state index in [0.717, 1.165) is 9.50 Å². The van der Waals surface area contributed by atoms with Crippen LogP contribution in [-0.2, 0) is 0 Å². The zero-order chi connectivity index (χ0) is 15.1. The van der Waals surface area contributed by atoms with Gasteiger partial charge in [0.15, 0.2) is 0 Å². The second kappa shape index (κ2) is 5.42. The lowest BCUT2D eigenvalue weighted by atomic mass is 9.93. The predicted octanol–water partition coefficient (Wildman–Crippen LogP) is 7.08. The third-order valence-electron chi connectivity index (χ3n) is 3.99. The lowest BCUT2D eigenvalue weighted by molar-refractivity contribution is 1.64. The molecule has 0 spiro atoms. The molecule has 2 heteroatoms. The second-order valence-corrected chi connectivity index (χ2v) is 6.52. The van der Waals surface area contributed by atoms with Gasteiger partial charge >= 0.3 is 0 Å². The number of fused-ring (bicyclic) bond motifs is 3. The van der Waals surface area contributed by atoms with E-state index in [1.54, 1.807) is 0 Å². The van der Waals surface area contributed by atoms with Crippen LogP contribution >= 0.6 is 27.5 Å². The molecule has 0 aliphatic heterocycles. The summed E-state index contributed by atoms with van der Waals surface area (Å²) in [6, 6.07) is 25.0. The van der Waals surface area contributed by atoms with Crippen LogP contribution in [0.3, 0.4) is 0 Å². The molecule has 0 saturated carbocycles. The third kappa shape index (κ3) is 2.13. The number of rotatable bonds is 1. The van der Waals surface area contributed by atoms with E-state index in [0.29, 0.717) is 0 Å². The van der Waals surface area contributed by atoms with Crippen molar-refractivity contribution in [1.29, 1.82) is 0 Å². The van der Waals surface area contributed by atoms with Crippen LogP contribution in [-0.4, -0.2) is 0 Å². The standard InChI is InChI=1S/C20H12BrCl/c21-20-17-9-5-4-8-15(17)18-12-14(22)10-11-16(18)19(20)13-6-2-1-3-7-13/h1-12H. The zero-order valence-electron chi connectivity index (χ0n) is 11.7. The average molecular weight is 368 g/mol. The maximum atomic E-state index is 6.25. The quantitative estimate of drug-likeness (QED) is 0.315. The van der Waals surface area contributed by atoms with E-state index in [1.807, 2.05) is 12.1 Å². The third-order valence-corrected chi connectivity index (χ3v) is 5.05. The van der Waals surface area contributed by atoms with Crippen LogP contribution in [0.1, 0.15) is 0 Å².